The molecule has 0 fully saturated rings. The van der Waals surface area contributed by atoms with Crippen molar-refractivity contribution < 1.29 is 24.0 Å². The molecule has 3 aromatic rings. The van der Waals surface area contributed by atoms with Gasteiger partial charge in [-0.15, -0.1) is 0 Å². The van der Waals surface area contributed by atoms with E-state index in [9.17, 15) is 29.2 Å². The van der Waals surface area contributed by atoms with Crippen LogP contribution in [-0.2, 0) is 6.54 Å². The number of aromatic carboxylic acids is 1. The molecule has 0 bridgehead atoms. The van der Waals surface area contributed by atoms with E-state index in [2.05, 4.69) is 10.4 Å². The first-order valence-electron chi connectivity index (χ1n) is 8.47. The van der Waals surface area contributed by atoms with Crippen LogP contribution in [0.1, 0.15) is 27.8 Å². The van der Waals surface area contributed by atoms with E-state index in [1.807, 2.05) is 0 Å². The molecule has 2 N–H and O–H groups in total. The fourth-order valence-electron chi connectivity index (χ4n) is 2.78. The predicted molar refractivity (Wildman–Crippen MR) is 101 cm³/mol. The SMILES string of the molecule is CCn1nc(-c2ccc(F)cc2)c(NC(=O)c2cccc([N+](=O)[O-])c2)c1C(=O)O. The zero-order valence-electron chi connectivity index (χ0n) is 15.1. The molecule has 1 aromatic heterocycles. The highest BCUT2D eigenvalue weighted by atomic mass is 19.1. The maximum absolute atomic E-state index is 13.3. The number of carbonyl (C=O) groups is 2. The number of nitro benzene ring substituents is 1. The zero-order chi connectivity index (χ0) is 21.1. The van der Waals surface area contributed by atoms with Gasteiger partial charge in [-0.05, 0) is 37.3 Å². The predicted octanol–water partition coefficient (Wildman–Crippen LogP) is 3.57. The molecule has 148 valence electrons. The Morgan fingerprint density at radius 1 is 1.24 bits per heavy atom. The van der Waals surface area contributed by atoms with Gasteiger partial charge in [-0.2, -0.15) is 5.10 Å². The molecule has 3 rings (SSSR count). The fraction of sp³-hybridized carbons (Fsp3) is 0.105. The van der Waals surface area contributed by atoms with Gasteiger partial charge in [0.15, 0.2) is 5.69 Å². The first kappa shape index (κ1) is 19.7. The minimum absolute atomic E-state index is 0.0233. The topological polar surface area (TPSA) is 127 Å². The summed E-state index contributed by atoms with van der Waals surface area (Å²) in [6.07, 6.45) is 0. The van der Waals surface area contributed by atoms with Crippen molar-refractivity contribution >= 4 is 23.3 Å². The lowest BCUT2D eigenvalue weighted by Gasteiger charge is -2.08. The highest BCUT2D eigenvalue weighted by Crippen LogP contribution is 2.31. The first-order chi connectivity index (χ1) is 13.8. The summed E-state index contributed by atoms with van der Waals surface area (Å²) in [6, 6.07) is 10.2. The minimum atomic E-state index is -1.32. The van der Waals surface area contributed by atoms with Crippen LogP contribution in [0.2, 0.25) is 0 Å². The number of carboxylic acids is 1. The number of non-ortho nitro benzene ring substituents is 1. The molecule has 0 aliphatic carbocycles. The molecule has 0 radical (unpaired) electrons. The number of nitro groups is 1. The van der Waals surface area contributed by atoms with Gasteiger partial charge >= 0.3 is 5.97 Å². The Balaban J connectivity index is 2.09. The van der Waals surface area contributed by atoms with E-state index >= 15 is 0 Å². The van der Waals surface area contributed by atoms with Crippen molar-refractivity contribution in [1.82, 2.24) is 9.78 Å². The number of nitrogens with zero attached hydrogens (tertiary/aromatic N) is 3. The summed E-state index contributed by atoms with van der Waals surface area (Å²) < 4.78 is 14.5. The van der Waals surface area contributed by atoms with Crippen LogP contribution >= 0.6 is 0 Å². The van der Waals surface area contributed by atoms with Crippen LogP contribution in [0.4, 0.5) is 15.8 Å². The largest absolute Gasteiger partial charge is 0.476 e. The molecule has 0 saturated heterocycles. The molecule has 1 heterocycles. The van der Waals surface area contributed by atoms with E-state index in [0.717, 1.165) is 6.07 Å². The van der Waals surface area contributed by atoms with Gasteiger partial charge in [0.1, 0.15) is 17.2 Å². The standard InChI is InChI=1S/C19H15FN4O5/c1-2-23-17(19(26)27)16(15(22-23)11-6-8-13(20)9-7-11)21-18(25)12-4-3-5-14(10-12)24(28)29/h3-10H,2H2,1H3,(H,21,25)(H,26,27). The van der Waals surface area contributed by atoms with Crippen molar-refractivity contribution in [1.29, 1.82) is 0 Å². The van der Waals surface area contributed by atoms with Crippen molar-refractivity contribution in [2.24, 2.45) is 0 Å². The normalized spacial score (nSPS) is 10.6. The average molecular weight is 398 g/mol. The summed E-state index contributed by atoms with van der Waals surface area (Å²) in [5, 5.41) is 27.3. The molecule has 0 spiro atoms. The summed E-state index contributed by atoms with van der Waals surface area (Å²) in [4.78, 5) is 34.8. The van der Waals surface area contributed by atoms with Crippen LogP contribution in [-0.4, -0.2) is 31.7 Å². The van der Waals surface area contributed by atoms with Gasteiger partial charge in [0.05, 0.1) is 4.92 Å². The van der Waals surface area contributed by atoms with Crippen molar-refractivity contribution in [3.63, 3.8) is 0 Å². The number of aryl methyl sites for hydroxylation is 1. The van der Waals surface area contributed by atoms with Gasteiger partial charge in [0.2, 0.25) is 0 Å². The van der Waals surface area contributed by atoms with Crippen molar-refractivity contribution in [2.75, 3.05) is 5.32 Å². The second-order valence-corrected chi connectivity index (χ2v) is 5.96. The molecular weight excluding hydrogens is 383 g/mol. The summed E-state index contributed by atoms with van der Waals surface area (Å²) >= 11 is 0. The van der Waals surface area contributed by atoms with Crippen LogP contribution in [0.15, 0.2) is 48.5 Å². The van der Waals surface area contributed by atoms with Gasteiger partial charge in [-0.3, -0.25) is 19.6 Å². The molecule has 0 saturated carbocycles. The number of nitrogens with one attached hydrogen (secondary N) is 1. The summed E-state index contributed by atoms with van der Waals surface area (Å²) in [6.45, 7) is 1.89. The van der Waals surface area contributed by atoms with E-state index in [-0.39, 0.29) is 34.9 Å². The number of carbonyl (C=O) groups excluding carboxylic acids is 1. The lowest BCUT2D eigenvalue weighted by molar-refractivity contribution is -0.384. The molecular formula is C19H15FN4O5. The molecule has 0 aliphatic heterocycles. The van der Waals surface area contributed by atoms with E-state index < -0.39 is 22.6 Å². The number of hydrogen-bond donors (Lipinski definition) is 2. The molecule has 2 aromatic carbocycles. The molecule has 0 atom stereocenters. The van der Waals surface area contributed by atoms with Gasteiger partial charge in [0, 0.05) is 29.8 Å². The van der Waals surface area contributed by atoms with E-state index in [4.69, 9.17) is 0 Å². The number of rotatable bonds is 6. The van der Waals surface area contributed by atoms with Crippen molar-refractivity contribution in [3.05, 3.63) is 75.7 Å². The smallest absolute Gasteiger partial charge is 0.356 e. The Labute approximate surface area is 163 Å². The summed E-state index contributed by atoms with van der Waals surface area (Å²) in [7, 11) is 0. The lowest BCUT2D eigenvalue weighted by Crippen LogP contribution is -2.16. The Bertz CT molecular complexity index is 1110. The lowest BCUT2D eigenvalue weighted by atomic mass is 10.1. The van der Waals surface area contributed by atoms with Crippen molar-refractivity contribution in [2.45, 2.75) is 13.5 Å². The Morgan fingerprint density at radius 2 is 1.93 bits per heavy atom. The fourth-order valence-corrected chi connectivity index (χ4v) is 2.78. The zero-order valence-corrected chi connectivity index (χ0v) is 15.1. The van der Waals surface area contributed by atoms with Gasteiger partial charge in [-0.25, -0.2) is 9.18 Å². The quantitative estimate of drug-likeness (QED) is 0.483. The molecule has 29 heavy (non-hydrogen) atoms. The Hall–Kier alpha value is -4.08. The third kappa shape index (κ3) is 3.95. The molecule has 1 amide bonds. The van der Waals surface area contributed by atoms with Gasteiger partial charge < -0.3 is 10.4 Å². The third-order valence-corrected chi connectivity index (χ3v) is 4.13. The monoisotopic (exact) mass is 398 g/mol. The number of aromatic nitrogens is 2. The highest BCUT2D eigenvalue weighted by Gasteiger charge is 2.26. The average Bonchev–Trinajstić information content (AvgIpc) is 3.07. The van der Waals surface area contributed by atoms with Gasteiger partial charge in [0.25, 0.3) is 11.6 Å². The Morgan fingerprint density at radius 3 is 2.52 bits per heavy atom. The van der Waals surface area contributed by atoms with Crippen LogP contribution in [0.25, 0.3) is 11.3 Å². The maximum Gasteiger partial charge on any atom is 0.356 e. The van der Waals surface area contributed by atoms with Crippen LogP contribution in [0.3, 0.4) is 0 Å². The number of hydrogen-bond acceptors (Lipinski definition) is 5. The van der Waals surface area contributed by atoms with Crippen LogP contribution < -0.4 is 5.32 Å². The summed E-state index contributed by atoms with van der Waals surface area (Å²) in [5.41, 5.74) is -0.101. The number of halogens is 1. The molecule has 0 unspecified atom stereocenters. The van der Waals surface area contributed by atoms with Crippen LogP contribution in [0, 0.1) is 15.9 Å². The molecule has 9 nitrogen and oxygen atoms in total. The third-order valence-electron chi connectivity index (χ3n) is 4.13. The second kappa shape index (κ2) is 7.89. The Kier molecular flexibility index (Phi) is 5.35. The van der Waals surface area contributed by atoms with Crippen LogP contribution in [0.5, 0.6) is 0 Å². The van der Waals surface area contributed by atoms with E-state index in [1.165, 1.54) is 47.1 Å². The van der Waals surface area contributed by atoms with Gasteiger partial charge in [-0.1, -0.05) is 6.07 Å². The minimum Gasteiger partial charge on any atom is -0.476 e. The van der Waals surface area contributed by atoms with E-state index in [1.54, 1.807) is 6.92 Å². The number of benzene rings is 2. The number of amides is 1. The molecule has 0 aliphatic rings. The first-order valence-corrected chi connectivity index (χ1v) is 8.47. The second-order valence-electron chi connectivity index (χ2n) is 5.96. The maximum atomic E-state index is 13.3. The molecule has 10 heteroatoms. The number of carboxylic acid groups (broad SMARTS) is 1. The highest BCUT2D eigenvalue weighted by molar-refractivity contribution is 6.10. The summed E-state index contributed by atoms with van der Waals surface area (Å²) in [5.74, 6) is -2.54. The van der Waals surface area contributed by atoms with Crippen molar-refractivity contribution in [3.8, 4) is 11.3 Å². The van der Waals surface area contributed by atoms with E-state index in [0.29, 0.717) is 5.56 Å². The number of anilines is 1.